The first kappa shape index (κ1) is 11.9. The lowest BCUT2D eigenvalue weighted by molar-refractivity contribution is 0.0792. The molecular weight excluding hydrogens is 412 g/mol. The van der Waals surface area contributed by atoms with Crippen LogP contribution in [-0.4, -0.2) is 34.7 Å². The first-order chi connectivity index (χ1) is 19.3. The summed E-state index contributed by atoms with van der Waals surface area (Å²) in [7, 11) is 0. The van der Waals surface area contributed by atoms with Crippen molar-refractivity contribution in [1.82, 2.24) is 15.2 Å². The first-order valence-electron chi connectivity index (χ1n) is 14.5. The molecule has 0 spiro atoms. The van der Waals surface area contributed by atoms with Crippen LogP contribution in [0.2, 0.25) is 0 Å². The zero-order chi connectivity index (χ0) is 31.2. The van der Waals surface area contributed by atoms with Crippen LogP contribution in [-0.2, 0) is 12.9 Å². The Balaban J connectivity index is 1.53. The summed E-state index contributed by atoms with van der Waals surface area (Å²) < 4.78 is 109. The summed E-state index contributed by atoms with van der Waals surface area (Å²) in [6.45, 7) is -9.13. The van der Waals surface area contributed by atoms with E-state index < -0.39 is 61.2 Å². The number of hydrogen-bond acceptors (Lipinski definition) is 3. The third-order valence-corrected chi connectivity index (χ3v) is 5.04. The fraction of sp³-hybridized carbons (Fsp3) is 0.240. The van der Waals surface area contributed by atoms with E-state index in [1.165, 1.54) is 30.3 Å². The molecule has 2 aliphatic heterocycles. The van der Waals surface area contributed by atoms with Crippen molar-refractivity contribution in [3.05, 3.63) is 88.1 Å². The minimum atomic E-state index is -3.39. The average molecular weight is 444 g/mol. The van der Waals surface area contributed by atoms with Gasteiger partial charge in [0.15, 0.2) is 0 Å². The van der Waals surface area contributed by atoms with Crippen LogP contribution < -0.4 is 5.32 Å². The average Bonchev–Trinajstić information content (AvgIpc) is 3.14. The number of halogens is 2. The standard InChI is InChI=1S/C25H21F2N3O2/c26-18-4-3-5-19(27)23(18)20-13-17(22-21(29-20)14-28-24(22)31)12-15-6-8-16(9-7-15)25(32)30-10-1-2-11-30/h3-9,13H,1-2,10-12,14H2,(H,28,31)/i1D2,2D2,10D2,11D2,14D2. The van der Waals surface area contributed by atoms with Gasteiger partial charge in [-0.05, 0) is 60.6 Å². The third kappa shape index (κ3) is 3.64. The highest BCUT2D eigenvalue weighted by Crippen LogP contribution is 2.30. The molecule has 0 bridgehead atoms. The fourth-order valence-electron chi connectivity index (χ4n) is 3.54. The zero-order valence-electron chi connectivity index (χ0n) is 26.3. The molecule has 162 valence electrons. The van der Waals surface area contributed by atoms with Crippen molar-refractivity contribution < 1.29 is 32.1 Å². The summed E-state index contributed by atoms with van der Waals surface area (Å²) in [5.41, 5.74) is -1.01. The van der Waals surface area contributed by atoms with Crippen molar-refractivity contribution in [2.45, 2.75) is 25.7 Å². The zero-order valence-corrected chi connectivity index (χ0v) is 16.3. The topological polar surface area (TPSA) is 62.3 Å². The Morgan fingerprint density at radius 1 is 1.06 bits per heavy atom. The fourth-order valence-corrected chi connectivity index (χ4v) is 3.54. The first-order valence-corrected chi connectivity index (χ1v) is 9.50. The van der Waals surface area contributed by atoms with E-state index in [4.69, 9.17) is 13.7 Å². The number of aromatic nitrogens is 1. The second-order valence-electron chi connectivity index (χ2n) is 7.05. The van der Waals surface area contributed by atoms with Crippen LogP contribution in [0.25, 0.3) is 11.3 Å². The SMILES string of the molecule is [2H]C1([2H])NC(=O)c2c(Cc3ccc(C(=O)N4C([2H])([2H])C([2H])([2H])C([2H])([2H])C4([2H])[2H])cc3)cc(-c3c(F)cccc3F)nc21. The van der Waals surface area contributed by atoms with Gasteiger partial charge in [0.05, 0.1) is 31.8 Å². The maximum absolute atomic E-state index is 14.6. The van der Waals surface area contributed by atoms with Crippen LogP contribution >= 0.6 is 0 Å². The van der Waals surface area contributed by atoms with Gasteiger partial charge in [0.2, 0.25) is 0 Å². The molecule has 1 saturated heterocycles. The number of rotatable bonds is 4. The molecule has 2 aromatic carbocycles. The van der Waals surface area contributed by atoms with Crippen molar-refractivity contribution in [2.24, 2.45) is 0 Å². The quantitative estimate of drug-likeness (QED) is 0.661. The van der Waals surface area contributed by atoms with Crippen LogP contribution in [0.3, 0.4) is 0 Å². The normalized spacial score (nSPS) is 27.6. The highest BCUT2D eigenvalue weighted by Gasteiger charge is 2.27. The molecule has 0 saturated carbocycles. The Bertz CT molecular complexity index is 1600. The van der Waals surface area contributed by atoms with Gasteiger partial charge in [-0.15, -0.1) is 0 Å². The van der Waals surface area contributed by atoms with Gasteiger partial charge in [0.1, 0.15) is 11.6 Å². The number of benzene rings is 2. The van der Waals surface area contributed by atoms with E-state index in [0.29, 0.717) is 5.56 Å². The highest BCUT2D eigenvalue weighted by atomic mass is 19.1. The van der Waals surface area contributed by atoms with E-state index in [0.717, 1.165) is 18.2 Å². The lowest BCUT2D eigenvalue weighted by atomic mass is 9.96. The Morgan fingerprint density at radius 3 is 2.44 bits per heavy atom. The van der Waals surface area contributed by atoms with Gasteiger partial charge in [0.25, 0.3) is 11.8 Å². The molecule has 0 aliphatic carbocycles. The number of likely N-dealkylation sites (tertiary alicyclic amines) is 1. The number of nitrogens with one attached hydrogen (secondary N) is 1. The van der Waals surface area contributed by atoms with Crippen molar-refractivity contribution in [1.29, 1.82) is 0 Å². The maximum atomic E-state index is 14.6. The minimum absolute atomic E-state index is 0.0909. The molecule has 2 amide bonds. The Kier molecular flexibility index (Phi) is 3.02. The van der Waals surface area contributed by atoms with Crippen LogP contribution in [0.4, 0.5) is 8.78 Å². The number of nitrogens with zero attached hydrogens (tertiary/aromatic N) is 2. The van der Waals surface area contributed by atoms with Crippen molar-refractivity contribution in [3.8, 4) is 11.3 Å². The minimum Gasteiger partial charge on any atom is -0.346 e. The smallest absolute Gasteiger partial charge is 0.253 e. The second-order valence-corrected chi connectivity index (χ2v) is 7.05. The predicted molar refractivity (Wildman–Crippen MR) is 115 cm³/mol. The van der Waals surface area contributed by atoms with Gasteiger partial charge in [-0.25, -0.2) is 13.8 Å². The molecule has 1 fully saturated rings. The number of amides is 2. The number of hydrogen-bond donors (Lipinski definition) is 1. The molecule has 5 rings (SSSR count). The largest absolute Gasteiger partial charge is 0.346 e. The molecule has 0 atom stereocenters. The van der Waals surface area contributed by atoms with E-state index in [2.05, 4.69) is 10.3 Å². The summed E-state index contributed by atoms with van der Waals surface area (Å²) in [5.74, 6) is -4.02. The Morgan fingerprint density at radius 2 is 1.75 bits per heavy atom. The van der Waals surface area contributed by atoms with E-state index >= 15 is 0 Å². The lowest BCUT2D eigenvalue weighted by Crippen LogP contribution is -2.27. The van der Waals surface area contributed by atoms with E-state index in [1.54, 1.807) is 0 Å². The maximum Gasteiger partial charge on any atom is 0.253 e. The molecule has 2 aliphatic rings. The van der Waals surface area contributed by atoms with Crippen molar-refractivity contribution in [2.75, 3.05) is 13.0 Å². The van der Waals surface area contributed by atoms with Gasteiger partial charge in [-0.1, -0.05) is 18.2 Å². The van der Waals surface area contributed by atoms with E-state index in [9.17, 15) is 18.4 Å². The summed E-state index contributed by atoms with van der Waals surface area (Å²) in [6.07, 6.45) is -6.88. The number of carbonyl (C=O) groups is 2. The molecule has 32 heavy (non-hydrogen) atoms. The van der Waals surface area contributed by atoms with Crippen molar-refractivity contribution in [3.63, 3.8) is 0 Å². The predicted octanol–water partition coefficient (Wildman–Crippen LogP) is 4.10. The molecule has 1 aromatic heterocycles. The number of fused-ring (bicyclic) bond motifs is 1. The highest BCUT2D eigenvalue weighted by molar-refractivity contribution is 5.99. The molecular formula is C25H21F2N3O2. The molecule has 3 heterocycles. The molecule has 0 radical (unpaired) electrons. The van der Waals surface area contributed by atoms with Crippen LogP contribution in [0.1, 0.15) is 64.0 Å². The van der Waals surface area contributed by atoms with Crippen molar-refractivity contribution >= 4 is 11.8 Å². The monoisotopic (exact) mass is 443 g/mol. The molecule has 5 nitrogen and oxygen atoms in total. The van der Waals surface area contributed by atoms with Gasteiger partial charge in [-0.3, -0.25) is 9.59 Å². The number of carbonyl (C=O) groups excluding carboxylic acids is 2. The molecule has 3 aromatic rings. The third-order valence-electron chi connectivity index (χ3n) is 5.04. The second kappa shape index (κ2) is 8.15. The summed E-state index contributed by atoms with van der Waals surface area (Å²) in [5, 5.41) is 2.14. The van der Waals surface area contributed by atoms with Gasteiger partial charge in [0, 0.05) is 29.5 Å². The van der Waals surface area contributed by atoms with Gasteiger partial charge < -0.3 is 10.2 Å². The van der Waals surface area contributed by atoms with Crippen LogP contribution in [0.15, 0.2) is 48.5 Å². The van der Waals surface area contributed by atoms with Crippen LogP contribution in [0.5, 0.6) is 0 Å². The molecule has 7 heteroatoms. The molecule has 0 unspecified atom stereocenters. The summed E-state index contributed by atoms with van der Waals surface area (Å²) >= 11 is 0. The molecule has 1 N–H and O–H groups in total. The van der Waals surface area contributed by atoms with E-state index in [1.807, 2.05) is 0 Å². The Labute approximate surface area is 198 Å². The van der Waals surface area contributed by atoms with E-state index in [-0.39, 0.29) is 39.4 Å². The number of pyridine rings is 1. The summed E-state index contributed by atoms with van der Waals surface area (Å²) in [6, 6.07) is 9.46. The van der Waals surface area contributed by atoms with Gasteiger partial charge >= 0.3 is 0 Å². The lowest BCUT2D eigenvalue weighted by Gasteiger charge is -2.15. The Hall–Kier alpha value is -3.61. The van der Waals surface area contributed by atoms with Gasteiger partial charge in [-0.2, -0.15) is 0 Å². The summed E-state index contributed by atoms with van der Waals surface area (Å²) in [4.78, 5) is 29.8. The van der Waals surface area contributed by atoms with Crippen LogP contribution in [0, 0.1) is 11.6 Å².